The summed E-state index contributed by atoms with van der Waals surface area (Å²) in [6.45, 7) is 4.11. The van der Waals surface area contributed by atoms with Crippen molar-refractivity contribution in [1.29, 1.82) is 0 Å². The lowest BCUT2D eigenvalue weighted by molar-refractivity contribution is 0.653. The number of hydrogen-bond acceptors (Lipinski definition) is 3. The van der Waals surface area contributed by atoms with E-state index < -0.39 is 0 Å². The van der Waals surface area contributed by atoms with E-state index in [0.29, 0.717) is 5.71 Å². The summed E-state index contributed by atoms with van der Waals surface area (Å²) >= 11 is 0. The number of nitrogens with zero attached hydrogens (tertiary/aromatic N) is 2. The Morgan fingerprint density at radius 2 is 1.30 bits per heavy atom. The molecule has 7 aromatic rings. The van der Waals surface area contributed by atoms with Gasteiger partial charge in [0.25, 0.3) is 0 Å². The zero-order valence-corrected chi connectivity index (χ0v) is 20.7. The number of pyridine rings is 2. The number of furan rings is 1. The first kappa shape index (κ1) is 21.5. The minimum atomic E-state index is 0.664. The predicted octanol–water partition coefficient (Wildman–Crippen LogP) is 9.15. The topological polar surface area (TPSA) is 38.9 Å². The normalized spacial score (nSPS) is 11.5. The van der Waals surface area contributed by atoms with Gasteiger partial charge in [0.05, 0.1) is 5.69 Å². The van der Waals surface area contributed by atoms with Crippen LogP contribution in [-0.4, -0.2) is 9.97 Å². The Labute approximate surface area is 215 Å². The molecule has 0 aliphatic heterocycles. The largest absolute Gasteiger partial charge is 0.437 e. The molecular formula is C34H24N2O. The van der Waals surface area contributed by atoms with Crippen LogP contribution >= 0.6 is 0 Å². The van der Waals surface area contributed by atoms with Crippen molar-refractivity contribution in [2.75, 3.05) is 0 Å². The van der Waals surface area contributed by atoms with Gasteiger partial charge in [-0.15, -0.1) is 0 Å². The maximum Gasteiger partial charge on any atom is 0.227 e. The van der Waals surface area contributed by atoms with Crippen LogP contribution in [0.3, 0.4) is 0 Å². The van der Waals surface area contributed by atoms with Crippen LogP contribution < -0.4 is 0 Å². The summed E-state index contributed by atoms with van der Waals surface area (Å²) in [6.07, 6.45) is 1.97. The van der Waals surface area contributed by atoms with Crippen molar-refractivity contribution in [3.63, 3.8) is 0 Å². The third-order valence-corrected chi connectivity index (χ3v) is 7.18. The second kappa shape index (κ2) is 8.42. The van der Waals surface area contributed by atoms with E-state index in [4.69, 9.17) is 9.40 Å². The number of para-hydroxylation sites is 1. The highest BCUT2D eigenvalue weighted by Gasteiger charge is 2.16. The van der Waals surface area contributed by atoms with Gasteiger partial charge in [-0.2, -0.15) is 0 Å². The number of aromatic nitrogens is 2. The highest BCUT2D eigenvalue weighted by Crippen LogP contribution is 2.39. The Bertz CT molecular complexity index is 1950. The maximum absolute atomic E-state index is 6.28. The van der Waals surface area contributed by atoms with E-state index in [2.05, 4.69) is 109 Å². The lowest BCUT2D eigenvalue weighted by Crippen LogP contribution is -1.92. The van der Waals surface area contributed by atoms with E-state index in [1.807, 2.05) is 19.2 Å². The highest BCUT2D eigenvalue weighted by molar-refractivity contribution is 6.09. The maximum atomic E-state index is 6.28. The molecule has 0 aliphatic carbocycles. The SMILES string of the molecule is Cc1ccc2c(n1)oc1c(-c3cc(-c4ccc(-c5ccccc5)c5ccccc45)c(C)cn3)cccc12. The minimum absolute atomic E-state index is 0.664. The van der Waals surface area contributed by atoms with Gasteiger partial charge < -0.3 is 4.42 Å². The molecule has 0 amide bonds. The standard InChI is InChI=1S/C34H24N2O/c1-21-20-35-32(30-14-8-13-28-29-16-15-22(2)36-34(29)37-33(28)30)19-31(21)27-18-17-24(23-9-4-3-5-10-23)25-11-6-7-12-26(25)27/h3-20H,1-2H3. The Kier molecular flexibility index (Phi) is 4.90. The molecule has 0 saturated carbocycles. The van der Waals surface area contributed by atoms with Gasteiger partial charge >= 0.3 is 0 Å². The van der Waals surface area contributed by atoms with Crippen LogP contribution in [0.1, 0.15) is 11.3 Å². The Hall–Kier alpha value is -4.76. The average molecular weight is 477 g/mol. The van der Waals surface area contributed by atoms with Crippen LogP contribution in [0.4, 0.5) is 0 Å². The van der Waals surface area contributed by atoms with Gasteiger partial charge in [-0.25, -0.2) is 4.98 Å². The van der Waals surface area contributed by atoms with Crippen molar-refractivity contribution in [3.8, 4) is 33.5 Å². The second-order valence-corrected chi connectivity index (χ2v) is 9.55. The van der Waals surface area contributed by atoms with Crippen LogP contribution in [0.2, 0.25) is 0 Å². The fraction of sp³-hybridized carbons (Fsp3) is 0.0588. The van der Waals surface area contributed by atoms with Crippen LogP contribution in [0.25, 0.3) is 66.4 Å². The van der Waals surface area contributed by atoms with Gasteiger partial charge in [0.1, 0.15) is 5.58 Å². The van der Waals surface area contributed by atoms with Gasteiger partial charge in [-0.3, -0.25) is 4.98 Å². The van der Waals surface area contributed by atoms with Gasteiger partial charge in [0, 0.05) is 28.2 Å². The summed E-state index contributed by atoms with van der Waals surface area (Å²) in [5.41, 5.74) is 10.2. The Morgan fingerprint density at radius 1 is 0.568 bits per heavy atom. The van der Waals surface area contributed by atoms with E-state index in [0.717, 1.165) is 38.9 Å². The van der Waals surface area contributed by atoms with E-state index in [1.165, 1.54) is 33.0 Å². The van der Waals surface area contributed by atoms with E-state index in [1.54, 1.807) is 0 Å². The second-order valence-electron chi connectivity index (χ2n) is 9.55. The van der Waals surface area contributed by atoms with Crippen LogP contribution in [0.5, 0.6) is 0 Å². The first-order valence-electron chi connectivity index (χ1n) is 12.5. The molecule has 0 spiro atoms. The quantitative estimate of drug-likeness (QED) is 0.255. The molecule has 0 bridgehead atoms. The van der Waals surface area contributed by atoms with Crippen molar-refractivity contribution >= 4 is 32.8 Å². The van der Waals surface area contributed by atoms with Crippen molar-refractivity contribution < 1.29 is 4.42 Å². The molecule has 0 unspecified atom stereocenters. The molecule has 0 atom stereocenters. The fourth-order valence-electron chi connectivity index (χ4n) is 5.34. The van der Waals surface area contributed by atoms with Crippen molar-refractivity contribution in [1.82, 2.24) is 9.97 Å². The molecule has 0 fully saturated rings. The first-order valence-corrected chi connectivity index (χ1v) is 12.5. The molecule has 37 heavy (non-hydrogen) atoms. The summed E-state index contributed by atoms with van der Waals surface area (Å²) < 4.78 is 6.28. The smallest absolute Gasteiger partial charge is 0.227 e. The number of fused-ring (bicyclic) bond motifs is 4. The van der Waals surface area contributed by atoms with E-state index in [-0.39, 0.29) is 0 Å². The molecule has 3 heterocycles. The zero-order valence-electron chi connectivity index (χ0n) is 20.7. The van der Waals surface area contributed by atoms with Gasteiger partial charge in [-0.1, -0.05) is 78.9 Å². The molecule has 0 saturated heterocycles. The van der Waals surface area contributed by atoms with Crippen LogP contribution in [-0.2, 0) is 0 Å². The first-order chi connectivity index (χ1) is 18.2. The summed E-state index contributed by atoms with van der Waals surface area (Å²) in [6, 6.07) is 36.2. The van der Waals surface area contributed by atoms with Gasteiger partial charge in [0.2, 0.25) is 5.71 Å². The van der Waals surface area contributed by atoms with E-state index in [9.17, 15) is 0 Å². The van der Waals surface area contributed by atoms with Crippen LogP contribution in [0.15, 0.2) is 114 Å². The van der Waals surface area contributed by atoms with Gasteiger partial charge in [0.15, 0.2) is 0 Å². The van der Waals surface area contributed by atoms with Crippen LogP contribution in [0, 0.1) is 13.8 Å². The number of rotatable bonds is 3. The summed E-state index contributed by atoms with van der Waals surface area (Å²) in [5, 5.41) is 4.55. The molecular weight excluding hydrogens is 452 g/mol. The lowest BCUT2D eigenvalue weighted by atomic mass is 9.90. The van der Waals surface area contributed by atoms with Gasteiger partial charge in [-0.05, 0) is 76.7 Å². The molecule has 3 aromatic heterocycles. The van der Waals surface area contributed by atoms with Crippen molar-refractivity contribution in [2.45, 2.75) is 13.8 Å². The Balaban J connectivity index is 1.44. The third kappa shape index (κ3) is 3.51. The molecule has 7 rings (SSSR count). The summed E-state index contributed by atoms with van der Waals surface area (Å²) in [5.74, 6) is 0. The molecule has 4 aromatic carbocycles. The molecule has 3 nitrogen and oxygen atoms in total. The summed E-state index contributed by atoms with van der Waals surface area (Å²) in [7, 11) is 0. The molecule has 0 aliphatic rings. The average Bonchev–Trinajstić information content (AvgIpc) is 3.31. The predicted molar refractivity (Wildman–Crippen MR) is 153 cm³/mol. The zero-order chi connectivity index (χ0) is 24.9. The monoisotopic (exact) mass is 476 g/mol. The number of aryl methyl sites for hydroxylation is 2. The molecule has 3 heteroatoms. The number of benzene rings is 4. The minimum Gasteiger partial charge on any atom is -0.437 e. The lowest BCUT2D eigenvalue weighted by Gasteiger charge is -2.15. The fourth-order valence-corrected chi connectivity index (χ4v) is 5.34. The highest BCUT2D eigenvalue weighted by atomic mass is 16.3. The van der Waals surface area contributed by atoms with E-state index >= 15 is 0 Å². The third-order valence-electron chi connectivity index (χ3n) is 7.18. The van der Waals surface area contributed by atoms with Crippen molar-refractivity contribution in [3.05, 3.63) is 121 Å². The number of hydrogen-bond donors (Lipinski definition) is 0. The molecule has 176 valence electrons. The molecule has 0 N–H and O–H groups in total. The summed E-state index contributed by atoms with van der Waals surface area (Å²) in [4.78, 5) is 9.44. The Morgan fingerprint density at radius 3 is 2.14 bits per heavy atom. The van der Waals surface area contributed by atoms with Crippen molar-refractivity contribution in [2.24, 2.45) is 0 Å². The molecule has 0 radical (unpaired) electrons.